The van der Waals surface area contributed by atoms with Gasteiger partial charge in [-0.15, -0.1) is 0 Å². The summed E-state index contributed by atoms with van der Waals surface area (Å²) in [5.74, 6) is 0.235. The lowest BCUT2D eigenvalue weighted by Crippen LogP contribution is -2.45. The zero-order valence-electron chi connectivity index (χ0n) is 9.94. The zero-order valence-corrected chi connectivity index (χ0v) is 10.8. The van der Waals surface area contributed by atoms with Gasteiger partial charge in [0.25, 0.3) is 0 Å². The minimum atomic E-state index is -2.86. The molecule has 0 aromatic heterocycles. The summed E-state index contributed by atoms with van der Waals surface area (Å²) in [6.07, 6.45) is 2.75. The Balaban J connectivity index is 2.30. The quantitative estimate of drug-likeness (QED) is 0.709. The highest BCUT2D eigenvalue weighted by Crippen LogP contribution is 2.11. The third-order valence-corrected chi connectivity index (χ3v) is 3.72. The number of likely N-dealkylation sites (N-methyl/N-ethyl adjacent to an activating group) is 1. The normalized spacial score (nSPS) is 24.2. The van der Waals surface area contributed by atoms with Crippen molar-refractivity contribution >= 4 is 9.84 Å². The van der Waals surface area contributed by atoms with E-state index in [1.54, 1.807) is 0 Å². The van der Waals surface area contributed by atoms with Crippen LogP contribution in [-0.2, 0) is 19.3 Å². The van der Waals surface area contributed by atoms with Crippen LogP contribution in [0.1, 0.15) is 12.8 Å². The monoisotopic (exact) mass is 251 g/mol. The van der Waals surface area contributed by atoms with Crippen LogP contribution in [-0.4, -0.2) is 59.4 Å². The van der Waals surface area contributed by atoms with Crippen molar-refractivity contribution < 1.29 is 17.9 Å². The Bertz CT molecular complexity index is 285. The first-order valence-electron chi connectivity index (χ1n) is 5.57. The first-order valence-corrected chi connectivity index (χ1v) is 7.63. The smallest absolute Gasteiger partial charge is 0.147 e. The average molecular weight is 251 g/mol. The fourth-order valence-corrected chi connectivity index (χ4v) is 2.51. The fourth-order valence-electron chi connectivity index (χ4n) is 1.82. The van der Waals surface area contributed by atoms with Gasteiger partial charge in [0.1, 0.15) is 9.84 Å². The summed E-state index contributed by atoms with van der Waals surface area (Å²) in [5.41, 5.74) is 0. The van der Waals surface area contributed by atoms with E-state index in [-0.39, 0.29) is 17.9 Å². The van der Waals surface area contributed by atoms with Gasteiger partial charge in [-0.05, 0) is 19.9 Å². The molecule has 1 rings (SSSR count). The molecule has 2 atom stereocenters. The van der Waals surface area contributed by atoms with Gasteiger partial charge in [-0.2, -0.15) is 0 Å². The maximum absolute atomic E-state index is 11.0. The molecule has 0 aromatic rings. The van der Waals surface area contributed by atoms with Crippen LogP contribution < -0.4 is 5.32 Å². The maximum Gasteiger partial charge on any atom is 0.147 e. The number of rotatable bonds is 6. The van der Waals surface area contributed by atoms with Gasteiger partial charge in [-0.3, -0.25) is 0 Å². The van der Waals surface area contributed by atoms with Crippen LogP contribution in [0.15, 0.2) is 0 Å². The molecule has 1 aliphatic rings. The van der Waals surface area contributed by atoms with E-state index in [1.165, 1.54) is 6.26 Å². The van der Waals surface area contributed by atoms with Gasteiger partial charge in [0.05, 0.1) is 25.9 Å². The molecule has 6 heteroatoms. The van der Waals surface area contributed by atoms with E-state index in [0.29, 0.717) is 26.2 Å². The summed E-state index contributed by atoms with van der Waals surface area (Å²) >= 11 is 0. The van der Waals surface area contributed by atoms with Crippen LogP contribution in [0.2, 0.25) is 0 Å². The van der Waals surface area contributed by atoms with Crippen molar-refractivity contribution in [3.63, 3.8) is 0 Å². The Morgan fingerprint density at radius 2 is 2.19 bits per heavy atom. The summed E-state index contributed by atoms with van der Waals surface area (Å²) in [7, 11) is -0.994. The van der Waals surface area contributed by atoms with Gasteiger partial charge < -0.3 is 14.8 Å². The number of hydrogen-bond donors (Lipinski definition) is 1. The van der Waals surface area contributed by atoms with E-state index in [9.17, 15) is 8.42 Å². The Kier molecular flexibility index (Phi) is 5.68. The van der Waals surface area contributed by atoms with Crippen LogP contribution in [0.4, 0.5) is 0 Å². The molecule has 1 saturated heterocycles. The average Bonchev–Trinajstić information content (AvgIpc) is 2.24. The Morgan fingerprint density at radius 1 is 1.44 bits per heavy atom. The number of nitrogens with one attached hydrogen (secondary N) is 1. The van der Waals surface area contributed by atoms with E-state index < -0.39 is 9.84 Å². The SMILES string of the molecule is CNC(CCCS(C)(=O)=O)C1COCCO1. The van der Waals surface area contributed by atoms with Crippen LogP contribution in [0.5, 0.6) is 0 Å². The van der Waals surface area contributed by atoms with E-state index in [4.69, 9.17) is 9.47 Å². The van der Waals surface area contributed by atoms with Crippen molar-refractivity contribution in [2.45, 2.75) is 25.0 Å². The van der Waals surface area contributed by atoms with Crippen molar-refractivity contribution in [3.8, 4) is 0 Å². The summed E-state index contributed by atoms with van der Waals surface area (Å²) < 4.78 is 32.9. The number of hydrogen-bond acceptors (Lipinski definition) is 5. The molecule has 0 aliphatic carbocycles. The molecule has 0 saturated carbocycles. The molecule has 16 heavy (non-hydrogen) atoms. The van der Waals surface area contributed by atoms with Gasteiger partial charge in [0.15, 0.2) is 0 Å². The third-order valence-electron chi connectivity index (χ3n) is 2.69. The molecule has 2 unspecified atom stereocenters. The lowest BCUT2D eigenvalue weighted by Gasteiger charge is -2.30. The second-order valence-electron chi connectivity index (χ2n) is 4.15. The molecule has 1 aliphatic heterocycles. The third kappa shape index (κ3) is 5.25. The number of sulfone groups is 1. The predicted molar refractivity (Wildman–Crippen MR) is 62.4 cm³/mol. The lowest BCUT2D eigenvalue weighted by atomic mass is 10.1. The minimum Gasteiger partial charge on any atom is -0.376 e. The summed E-state index contributed by atoms with van der Waals surface area (Å²) in [6, 6.07) is 0.169. The van der Waals surface area contributed by atoms with Gasteiger partial charge in [-0.1, -0.05) is 0 Å². The molecule has 0 bridgehead atoms. The molecule has 0 amide bonds. The topological polar surface area (TPSA) is 64.6 Å². The molecule has 1 heterocycles. The first kappa shape index (κ1) is 13.9. The van der Waals surface area contributed by atoms with Crippen LogP contribution in [0, 0.1) is 0 Å². The molecule has 1 N–H and O–H groups in total. The second-order valence-corrected chi connectivity index (χ2v) is 6.41. The maximum atomic E-state index is 11.0. The molecule has 5 nitrogen and oxygen atoms in total. The highest BCUT2D eigenvalue weighted by molar-refractivity contribution is 7.90. The first-order chi connectivity index (χ1) is 7.53. The second kappa shape index (κ2) is 6.54. The molecule has 0 radical (unpaired) electrons. The molecule has 1 fully saturated rings. The molecule has 96 valence electrons. The zero-order chi connectivity index (χ0) is 12.0. The van der Waals surface area contributed by atoms with Gasteiger partial charge in [0, 0.05) is 18.1 Å². The van der Waals surface area contributed by atoms with Crippen molar-refractivity contribution in [1.82, 2.24) is 5.32 Å². The fraction of sp³-hybridized carbons (Fsp3) is 1.00. The molecule has 0 spiro atoms. The van der Waals surface area contributed by atoms with Gasteiger partial charge in [0.2, 0.25) is 0 Å². The Morgan fingerprint density at radius 3 is 2.69 bits per heavy atom. The van der Waals surface area contributed by atoms with Crippen molar-refractivity contribution in [2.75, 3.05) is 38.9 Å². The van der Waals surface area contributed by atoms with Gasteiger partial charge >= 0.3 is 0 Å². The standard InChI is InChI=1S/C10H21NO4S/c1-11-9(4-3-7-16(2,12)13)10-8-14-5-6-15-10/h9-11H,3-8H2,1-2H3. The Labute approximate surface area is 97.4 Å². The molecular weight excluding hydrogens is 230 g/mol. The summed E-state index contributed by atoms with van der Waals surface area (Å²) in [5, 5.41) is 3.16. The van der Waals surface area contributed by atoms with Crippen LogP contribution in [0.3, 0.4) is 0 Å². The summed E-state index contributed by atoms with van der Waals surface area (Å²) in [4.78, 5) is 0. The molecule has 0 aromatic carbocycles. The van der Waals surface area contributed by atoms with E-state index in [0.717, 1.165) is 6.42 Å². The van der Waals surface area contributed by atoms with E-state index >= 15 is 0 Å². The minimum absolute atomic E-state index is 0.0401. The lowest BCUT2D eigenvalue weighted by molar-refractivity contribution is -0.101. The number of ether oxygens (including phenoxy) is 2. The highest BCUT2D eigenvalue weighted by Gasteiger charge is 2.23. The predicted octanol–water partition coefficient (Wildman–Crippen LogP) is -0.185. The van der Waals surface area contributed by atoms with Crippen molar-refractivity contribution in [3.05, 3.63) is 0 Å². The van der Waals surface area contributed by atoms with E-state index in [2.05, 4.69) is 5.32 Å². The summed E-state index contributed by atoms with van der Waals surface area (Å²) in [6.45, 7) is 1.86. The van der Waals surface area contributed by atoms with Crippen molar-refractivity contribution in [1.29, 1.82) is 0 Å². The van der Waals surface area contributed by atoms with Crippen LogP contribution >= 0.6 is 0 Å². The molecular formula is C10H21NO4S. The van der Waals surface area contributed by atoms with Crippen LogP contribution in [0.25, 0.3) is 0 Å². The van der Waals surface area contributed by atoms with E-state index in [1.807, 2.05) is 7.05 Å². The highest BCUT2D eigenvalue weighted by atomic mass is 32.2. The largest absolute Gasteiger partial charge is 0.376 e. The van der Waals surface area contributed by atoms with Gasteiger partial charge in [-0.25, -0.2) is 8.42 Å². The van der Waals surface area contributed by atoms with Crippen molar-refractivity contribution in [2.24, 2.45) is 0 Å². The Hall–Kier alpha value is -0.170.